The molecule has 7 aromatic carbocycles. The molecule has 0 atom stereocenters. The first-order valence-electron chi connectivity index (χ1n) is 19.7. The van der Waals surface area contributed by atoms with Crippen LogP contribution in [0.5, 0.6) is 0 Å². The summed E-state index contributed by atoms with van der Waals surface area (Å²) < 4.78 is 87.7. The summed E-state index contributed by atoms with van der Waals surface area (Å²) in [5, 5.41) is 1.55. The topological polar surface area (TPSA) is 51.8 Å². The fraction of sp³-hybridized carbons (Fsp3) is 0. The van der Waals surface area contributed by atoms with Crippen molar-refractivity contribution in [2.45, 2.75) is 0 Å². The van der Waals surface area contributed by atoms with Gasteiger partial charge in [0.2, 0.25) is 0 Å². The van der Waals surface area contributed by atoms with Crippen molar-refractivity contribution in [1.29, 1.82) is 0 Å². The van der Waals surface area contributed by atoms with Gasteiger partial charge in [0.1, 0.15) is 11.2 Å². The molecular formula is C43H25N3OS. The van der Waals surface area contributed by atoms with E-state index < -0.39 is 54.4 Å². The van der Waals surface area contributed by atoms with Gasteiger partial charge in [-0.2, -0.15) is 0 Å². The van der Waals surface area contributed by atoms with Crippen LogP contribution in [0.4, 0.5) is 0 Å². The predicted molar refractivity (Wildman–Crippen MR) is 199 cm³/mol. The fourth-order valence-corrected chi connectivity index (χ4v) is 7.46. The molecule has 3 aromatic heterocycles. The Hall–Kier alpha value is -6.17. The lowest BCUT2D eigenvalue weighted by Gasteiger charge is -2.12. The fourth-order valence-electron chi connectivity index (χ4n) is 6.29. The summed E-state index contributed by atoms with van der Waals surface area (Å²) in [5.74, 6) is 0.504. The number of fused-ring (bicyclic) bond motifs is 8. The highest BCUT2D eigenvalue weighted by Gasteiger charge is 2.21. The normalized spacial score (nSPS) is 14.4. The molecule has 0 radical (unpaired) electrons. The number of thiophene rings is 1. The minimum absolute atomic E-state index is 0.0177. The number of benzene rings is 7. The van der Waals surface area contributed by atoms with Crippen molar-refractivity contribution in [3.05, 3.63) is 151 Å². The van der Waals surface area contributed by atoms with E-state index in [1.807, 2.05) is 78.9 Å². The molecule has 0 unspecified atom stereocenters. The van der Waals surface area contributed by atoms with Crippen molar-refractivity contribution in [2.24, 2.45) is 0 Å². The highest BCUT2D eigenvalue weighted by molar-refractivity contribution is 7.26. The average molecular weight is 641 g/mol. The van der Waals surface area contributed by atoms with Crippen LogP contribution in [0.2, 0.25) is 0 Å². The van der Waals surface area contributed by atoms with Crippen molar-refractivity contribution in [3.8, 4) is 45.3 Å². The van der Waals surface area contributed by atoms with Crippen LogP contribution in [0, 0.1) is 0 Å². The zero-order valence-corrected chi connectivity index (χ0v) is 25.7. The molecule has 3 heterocycles. The van der Waals surface area contributed by atoms with Crippen LogP contribution in [-0.4, -0.2) is 15.0 Å². The zero-order chi connectivity index (χ0) is 39.4. The standard InChI is InChI=1S/C43H25N3OS/c1-3-12-26(13-4-1)29-24-34(39-31-18-9-10-21-36(31)48-37(39)25-29)43-45-41(28-15-5-2-6-16-28)44-42(46-43)33-19-11-20-35-38(33)32-23-22-27-14-7-8-17-30(27)40(32)47-35/h1-25H/i7D,8D,11D,14D,17D,19D,20D,22D,23D. The molecule has 10 rings (SSSR count). The summed E-state index contributed by atoms with van der Waals surface area (Å²) in [7, 11) is 0. The Kier molecular flexibility index (Phi) is 4.34. The maximum Gasteiger partial charge on any atom is 0.164 e. The van der Waals surface area contributed by atoms with E-state index in [1.165, 1.54) is 0 Å². The summed E-state index contributed by atoms with van der Waals surface area (Å²) in [4.78, 5) is 15.0. The van der Waals surface area contributed by atoms with Gasteiger partial charge in [0.05, 0.1) is 12.3 Å². The van der Waals surface area contributed by atoms with Crippen LogP contribution < -0.4 is 0 Å². The van der Waals surface area contributed by atoms with Crippen LogP contribution in [0.1, 0.15) is 12.3 Å². The van der Waals surface area contributed by atoms with Crippen molar-refractivity contribution >= 4 is 64.2 Å². The van der Waals surface area contributed by atoms with Gasteiger partial charge in [-0.15, -0.1) is 11.3 Å². The van der Waals surface area contributed by atoms with E-state index in [0.29, 0.717) is 11.1 Å². The van der Waals surface area contributed by atoms with Crippen molar-refractivity contribution < 1.29 is 16.8 Å². The Labute approximate surface area is 292 Å². The molecular weight excluding hydrogens is 607 g/mol. The minimum Gasteiger partial charge on any atom is -0.455 e. The summed E-state index contributed by atoms with van der Waals surface area (Å²) in [6, 6.07) is 27.1. The number of hydrogen-bond donors (Lipinski definition) is 0. The molecule has 0 spiro atoms. The Morgan fingerprint density at radius 1 is 0.500 bits per heavy atom. The maximum absolute atomic E-state index is 9.33. The molecule has 0 aliphatic heterocycles. The van der Waals surface area contributed by atoms with Crippen molar-refractivity contribution in [3.63, 3.8) is 0 Å². The lowest BCUT2D eigenvalue weighted by Crippen LogP contribution is -2.01. The quantitative estimate of drug-likeness (QED) is 0.192. The van der Waals surface area contributed by atoms with Gasteiger partial charge < -0.3 is 4.42 Å². The smallest absolute Gasteiger partial charge is 0.164 e. The second-order valence-electron chi connectivity index (χ2n) is 11.3. The minimum atomic E-state index is -0.561. The van der Waals surface area contributed by atoms with Crippen LogP contribution in [-0.2, 0) is 0 Å². The predicted octanol–water partition coefficient (Wildman–Crippen LogP) is 12.0. The number of rotatable bonds is 4. The molecule has 48 heavy (non-hydrogen) atoms. The summed E-state index contributed by atoms with van der Waals surface area (Å²) in [5.41, 5.74) is 2.87. The first-order chi connectivity index (χ1) is 27.5. The van der Waals surface area contributed by atoms with E-state index in [2.05, 4.69) is 18.2 Å². The van der Waals surface area contributed by atoms with Gasteiger partial charge in [-0.1, -0.05) is 121 Å². The second-order valence-corrected chi connectivity index (χ2v) is 12.4. The van der Waals surface area contributed by atoms with Crippen LogP contribution in [0.3, 0.4) is 0 Å². The van der Waals surface area contributed by atoms with Gasteiger partial charge in [-0.3, -0.25) is 0 Å². The van der Waals surface area contributed by atoms with Crippen LogP contribution >= 0.6 is 11.3 Å². The van der Waals surface area contributed by atoms with Gasteiger partial charge in [-0.25, -0.2) is 15.0 Å². The van der Waals surface area contributed by atoms with Crippen LogP contribution in [0.25, 0.3) is 98.2 Å². The van der Waals surface area contributed by atoms with Crippen molar-refractivity contribution in [1.82, 2.24) is 15.0 Å². The Morgan fingerprint density at radius 2 is 1.23 bits per heavy atom. The average Bonchev–Trinajstić information content (AvgIpc) is 3.82. The molecule has 0 bridgehead atoms. The van der Waals surface area contributed by atoms with Gasteiger partial charge in [0.25, 0.3) is 0 Å². The Bertz CT molecular complexity index is 3350. The molecule has 0 amide bonds. The Balaban J connectivity index is 1.37. The molecule has 4 nitrogen and oxygen atoms in total. The summed E-state index contributed by atoms with van der Waals surface area (Å²) in [6.45, 7) is 0. The summed E-state index contributed by atoms with van der Waals surface area (Å²) >= 11 is 1.65. The van der Waals surface area contributed by atoms with Crippen molar-refractivity contribution in [2.75, 3.05) is 0 Å². The first kappa shape index (κ1) is 19.5. The van der Waals surface area contributed by atoms with Gasteiger partial charge >= 0.3 is 0 Å². The lowest BCUT2D eigenvalue weighted by molar-refractivity contribution is 0.672. The largest absolute Gasteiger partial charge is 0.455 e. The summed E-state index contributed by atoms with van der Waals surface area (Å²) in [6.07, 6.45) is 0. The number of hydrogen-bond acceptors (Lipinski definition) is 5. The van der Waals surface area contributed by atoms with E-state index in [4.69, 9.17) is 29.0 Å². The molecule has 0 N–H and O–H groups in total. The number of aromatic nitrogens is 3. The van der Waals surface area contributed by atoms with E-state index >= 15 is 0 Å². The molecule has 224 valence electrons. The molecule has 0 aliphatic rings. The van der Waals surface area contributed by atoms with Gasteiger partial charge in [0, 0.05) is 53.0 Å². The third-order valence-electron chi connectivity index (χ3n) is 8.47. The third-order valence-corrected chi connectivity index (χ3v) is 9.58. The SMILES string of the molecule is [2H]c1c([2H])c(-c2nc(-c3ccccc3)nc(-c3cc(-c4ccccc4)cc4sc5ccccc5c34)n2)c2c(oc3c4c([2H])c([2H])c([2H])c([2H])c4c([2H])c([2H])c32)c1[2H]. The highest BCUT2D eigenvalue weighted by atomic mass is 32.1. The van der Waals surface area contributed by atoms with Crippen LogP contribution in [0.15, 0.2) is 156 Å². The molecule has 0 aliphatic carbocycles. The lowest BCUT2D eigenvalue weighted by atomic mass is 9.98. The third kappa shape index (κ3) is 4.25. The van der Waals surface area contributed by atoms with E-state index in [1.54, 1.807) is 11.3 Å². The molecule has 10 aromatic rings. The van der Waals surface area contributed by atoms with E-state index in [9.17, 15) is 2.74 Å². The zero-order valence-electron chi connectivity index (χ0n) is 33.9. The molecule has 5 heteroatoms. The molecule has 0 saturated heterocycles. The first-order valence-corrected chi connectivity index (χ1v) is 16.0. The van der Waals surface area contributed by atoms with E-state index in [0.717, 1.165) is 31.3 Å². The van der Waals surface area contributed by atoms with E-state index in [-0.39, 0.29) is 55.7 Å². The number of furan rings is 1. The maximum atomic E-state index is 9.33. The van der Waals surface area contributed by atoms with Gasteiger partial charge in [0.15, 0.2) is 17.5 Å². The molecule has 0 saturated carbocycles. The monoisotopic (exact) mass is 640 g/mol. The Morgan fingerprint density at radius 3 is 2.08 bits per heavy atom. The highest BCUT2D eigenvalue weighted by Crippen LogP contribution is 2.43. The molecule has 0 fully saturated rings. The number of nitrogens with zero attached hydrogens (tertiary/aromatic N) is 3. The second kappa shape index (κ2) is 10.7. The van der Waals surface area contributed by atoms with Gasteiger partial charge in [-0.05, 0) is 46.8 Å².